The molecule has 2 heteroatoms. The van der Waals surface area contributed by atoms with Crippen LogP contribution in [0.3, 0.4) is 0 Å². The zero-order valence-corrected chi connectivity index (χ0v) is 6.89. The van der Waals surface area contributed by atoms with Crippen LogP contribution in [0.2, 0.25) is 0 Å². The lowest BCUT2D eigenvalue weighted by Gasteiger charge is -2.00. The molecule has 0 aromatic heterocycles. The van der Waals surface area contributed by atoms with E-state index in [1.54, 1.807) is 0 Å². The molecular weight excluding hydrogens is 126 g/mol. The Morgan fingerprint density at radius 1 is 1.50 bits per heavy atom. The molecule has 0 aromatic carbocycles. The maximum Gasteiger partial charge on any atom is 0.0590 e. The van der Waals surface area contributed by atoms with E-state index in [4.69, 9.17) is 4.74 Å². The minimum Gasteiger partial charge on any atom is -0.380 e. The van der Waals surface area contributed by atoms with E-state index in [9.17, 15) is 0 Å². The molecule has 0 saturated carbocycles. The Morgan fingerprint density at radius 3 is 2.90 bits per heavy atom. The molecule has 0 aliphatic rings. The van der Waals surface area contributed by atoms with Crippen LogP contribution in [0.15, 0.2) is 12.2 Å². The van der Waals surface area contributed by atoms with E-state index < -0.39 is 0 Å². The zero-order valence-electron chi connectivity index (χ0n) is 6.89. The predicted molar refractivity (Wildman–Crippen MR) is 44.2 cm³/mol. The van der Waals surface area contributed by atoms with Crippen molar-refractivity contribution in [2.24, 2.45) is 0 Å². The highest BCUT2D eigenvalue weighted by molar-refractivity contribution is 4.78. The molecule has 0 aliphatic heterocycles. The van der Waals surface area contributed by atoms with Gasteiger partial charge in [-0.25, -0.2) is 0 Å². The summed E-state index contributed by atoms with van der Waals surface area (Å²) in [7, 11) is 0. The van der Waals surface area contributed by atoms with Crippen molar-refractivity contribution in [1.82, 2.24) is 5.32 Å². The first-order valence-corrected chi connectivity index (χ1v) is 3.81. The van der Waals surface area contributed by atoms with Crippen molar-refractivity contribution in [3.63, 3.8) is 0 Å². The molecular formula is C8H17NO. The molecule has 10 heavy (non-hydrogen) atoms. The predicted octanol–water partition coefficient (Wildman–Crippen LogP) is 1.19. The summed E-state index contributed by atoms with van der Waals surface area (Å²) in [5.41, 5.74) is 0. The number of ether oxygens (including phenoxy) is 1. The van der Waals surface area contributed by atoms with Crippen LogP contribution >= 0.6 is 0 Å². The van der Waals surface area contributed by atoms with Gasteiger partial charge in [0.25, 0.3) is 0 Å². The van der Waals surface area contributed by atoms with Gasteiger partial charge < -0.3 is 10.1 Å². The number of hydrogen-bond acceptors (Lipinski definition) is 2. The van der Waals surface area contributed by atoms with Gasteiger partial charge in [0.15, 0.2) is 0 Å². The normalized spacial score (nSPS) is 11.0. The van der Waals surface area contributed by atoms with Gasteiger partial charge in [-0.1, -0.05) is 12.2 Å². The molecule has 0 amide bonds. The van der Waals surface area contributed by atoms with E-state index in [1.807, 2.05) is 19.9 Å². The van der Waals surface area contributed by atoms with Gasteiger partial charge in [-0.2, -0.15) is 0 Å². The van der Waals surface area contributed by atoms with Gasteiger partial charge in [0.05, 0.1) is 6.61 Å². The highest BCUT2D eigenvalue weighted by atomic mass is 16.5. The van der Waals surface area contributed by atoms with Crippen LogP contribution in [0.1, 0.15) is 13.8 Å². The summed E-state index contributed by atoms with van der Waals surface area (Å²) in [5.74, 6) is 0. The second kappa shape index (κ2) is 8.66. The molecule has 2 nitrogen and oxygen atoms in total. The lowest BCUT2D eigenvalue weighted by Crippen LogP contribution is -2.19. The fourth-order valence-electron chi connectivity index (χ4n) is 0.592. The molecule has 0 saturated heterocycles. The second-order valence-corrected chi connectivity index (χ2v) is 1.97. The number of rotatable bonds is 6. The molecule has 0 bridgehead atoms. The Morgan fingerprint density at radius 2 is 2.30 bits per heavy atom. The summed E-state index contributed by atoms with van der Waals surface area (Å²) in [6, 6.07) is 0. The third kappa shape index (κ3) is 7.66. The molecule has 1 N–H and O–H groups in total. The Balaban J connectivity index is 2.77. The molecule has 0 spiro atoms. The number of allylic oxidation sites excluding steroid dienone is 1. The van der Waals surface area contributed by atoms with Crippen LogP contribution in [-0.4, -0.2) is 26.3 Å². The summed E-state index contributed by atoms with van der Waals surface area (Å²) >= 11 is 0. The van der Waals surface area contributed by atoms with E-state index in [-0.39, 0.29) is 0 Å². The lowest BCUT2D eigenvalue weighted by atomic mass is 10.5. The van der Waals surface area contributed by atoms with Crippen molar-refractivity contribution in [1.29, 1.82) is 0 Å². The Kier molecular flexibility index (Phi) is 8.37. The van der Waals surface area contributed by atoms with Crippen molar-refractivity contribution >= 4 is 0 Å². The van der Waals surface area contributed by atoms with E-state index in [0.717, 1.165) is 26.3 Å². The maximum atomic E-state index is 5.13. The Labute approximate surface area is 63.3 Å². The van der Waals surface area contributed by atoms with Gasteiger partial charge >= 0.3 is 0 Å². The van der Waals surface area contributed by atoms with Crippen molar-refractivity contribution in [3.05, 3.63) is 12.2 Å². The van der Waals surface area contributed by atoms with Crippen molar-refractivity contribution < 1.29 is 4.74 Å². The van der Waals surface area contributed by atoms with Crippen LogP contribution in [0.4, 0.5) is 0 Å². The largest absolute Gasteiger partial charge is 0.380 e. The summed E-state index contributed by atoms with van der Waals surface area (Å²) in [5, 5.41) is 3.21. The molecule has 0 aromatic rings. The van der Waals surface area contributed by atoms with Crippen LogP contribution < -0.4 is 5.32 Å². The van der Waals surface area contributed by atoms with Crippen LogP contribution in [0.5, 0.6) is 0 Å². The smallest absolute Gasteiger partial charge is 0.0590 e. The number of nitrogens with one attached hydrogen (secondary N) is 1. The summed E-state index contributed by atoms with van der Waals surface area (Å²) in [6.07, 6.45) is 4.12. The molecule has 60 valence electrons. The molecule has 0 radical (unpaired) electrons. The average molecular weight is 143 g/mol. The number of hydrogen-bond donors (Lipinski definition) is 1. The van der Waals surface area contributed by atoms with E-state index in [1.165, 1.54) is 0 Å². The standard InChI is InChI=1S/C8H17NO/c1-3-5-6-9-7-8-10-4-2/h3,5,9H,4,6-8H2,1-2H3/b5-3+. The molecule has 0 atom stereocenters. The topological polar surface area (TPSA) is 21.3 Å². The van der Waals surface area contributed by atoms with E-state index >= 15 is 0 Å². The summed E-state index contributed by atoms with van der Waals surface area (Å²) < 4.78 is 5.13. The fourth-order valence-corrected chi connectivity index (χ4v) is 0.592. The highest BCUT2D eigenvalue weighted by Gasteiger charge is 1.81. The zero-order chi connectivity index (χ0) is 7.66. The second-order valence-electron chi connectivity index (χ2n) is 1.97. The minimum absolute atomic E-state index is 0.811. The van der Waals surface area contributed by atoms with E-state index in [0.29, 0.717) is 0 Å². The van der Waals surface area contributed by atoms with Gasteiger partial charge in [0.1, 0.15) is 0 Å². The maximum absolute atomic E-state index is 5.13. The summed E-state index contributed by atoms with van der Waals surface area (Å²) in [6.45, 7) is 7.54. The van der Waals surface area contributed by atoms with Gasteiger partial charge in [0, 0.05) is 19.7 Å². The average Bonchev–Trinajstić information content (AvgIpc) is 1.97. The third-order valence-corrected chi connectivity index (χ3v) is 1.13. The SMILES string of the molecule is C/C=C/CNCCOCC. The van der Waals surface area contributed by atoms with Crippen molar-refractivity contribution in [2.75, 3.05) is 26.3 Å². The monoisotopic (exact) mass is 143 g/mol. The first kappa shape index (κ1) is 9.66. The third-order valence-electron chi connectivity index (χ3n) is 1.13. The van der Waals surface area contributed by atoms with Gasteiger partial charge in [-0.15, -0.1) is 0 Å². The Bertz CT molecular complexity index is 81.3. The van der Waals surface area contributed by atoms with Gasteiger partial charge in [-0.05, 0) is 13.8 Å². The van der Waals surface area contributed by atoms with Crippen molar-refractivity contribution in [2.45, 2.75) is 13.8 Å². The van der Waals surface area contributed by atoms with Crippen LogP contribution in [0, 0.1) is 0 Å². The first-order chi connectivity index (χ1) is 4.91. The van der Waals surface area contributed by atoms with Crippen LogP contribution in [0.25, 0.3) is 0 Å². The summed E-state index contributed by atoms with van der Waals surface area (Å²) in [4.78, 5) is 0. The molecule has 0 heterocycles. The molecule has 0 unspecified atom stereocenters. The minimum atomic E-state index is 0.811. The fraction of sp³-hybridized carbons (Fsp3) is 0.750. The lowest BCUT2D eigenvalue weighted by molar-refractivity contribution is 0.150. The molecule has 0 fully saturated rings. The highest BCUT2D eigenvalue weighted by Crippen LogP contribution is 1.71. The van der Waals surface area contributed by atoms with E-state index in [2.05, 4.69) is 11.4 Å². The molecule has 0 rings (SSSR count). The van der Waals surface area contributed by atoms with Gasteiger partial charge in [0.2, 0.25) is 0 Å². The first-order valence-electron chi connectivity index (χ1n) is 3.81. The van der Waals surface area contributed by atoms with Gasteiger partial charge in [-0.3, -0.25) is 0 Å². The van der Waals surface area contributed by atoms with Crippen LogP contribution in [-0.2, 0) is 4.74 Å². The molecule has 0 aliphatic carbocycles. The Hall–Kier alpha value is -0.340. The quantitative estimate of drug-likeness (QED) is 0.445. The van der Waals surface area contributed by atoms with Crippen molar-refractivity contribution in [3.8, 4) is 0 Å².